The number of nitrogens with zero attached hydrogens (tertiary/aromatic N) is 1. The summed E-state index contributed by atoms with van der Waals surface area (Å²) in [5, 5.41) is 11.4. The molecule has 0 aliphatic carbocycles. The first-order chi connectivity index (χ1) is 18.3. The Morgan fingerprint density at radius 2 is 1.53 bits per heavy atom. The summed E-state index contributed by atoms with van der Waals surface area (Å²) < 4.78 is 17.2. The van der Waals surface area contributed by atoms with Gasteiger partial charge >= 0.3 is 0 Å². The molecule has 1 unspecified atom stereocenters. The molecule has 1 heterocycles. The van der Waals surface area contributed by atoms with E-state index in [2.05, 4.69) is 13.8 Å². The molecule has 1 atom stereocenters. The lowest BCUT2D eigenvalue weighted by Gasteiger charge is -2.26. The highest BCUT2D eigenvalue weighted by molar-refractivity contribution is 6.51. The lowest BCUT2D eigenvalue weighted by molar-refractivity contribution is -0.132. The van der Waals surface area contributed by atoms with Gasteiger partial charge in [0.05, 0.1) is 31.4 Å². The van der Waals surface area contributed by atoms with Crippen molar-refractivity contribution < 1.29 is 28.9 Å². The minimum atomic E-state index is -0.833. The third-order valence-corrected chi connectivity index (χ3v) is 6.08. The largest absolute Gasteiger partial charge is 0.507 e. The maximum Gasteiger partial charge on any atom is 0.300 e. The van der Waals surface area contributed by atoms with Crippen LogP contribution in [0.3, 0.4) is 0 Å². The molecule has 1 N–H and O–H groups in total. The number of ether oxygens (including phenoxy) is 3. The SMILES string of the molecule is CCOc1ccc(N2C(=O)C(=O)/C(=C(/O)c3ccc(OCC(C)C)cc3)C2c2ccccc2)cc1OCC. The summed E-state index contributed by atoms with van der Waals surface area (Å²) in [6, 6.07) is 20.3. The molecule has 7 heteroatoms. The van der Waals surface area contributed by atoms with Gasteiger partial charge in [0.25, 0.3) is 11.7 Å². The number of carbonyl (C=O) groups is 2. The van der Waals surface area contributed by atoms with E-state index >= 15 is 0 Å². The Morgan fingerprint density at radius 1 is 0.868 bits per heavy atom. The van der Waals surface area contributed by atoms with Crippen LogP contribution in [0.15, 0.2) is 78.4 Å². The minimum absolute atomic E-state index is 0.0175. The summed E-state index contributed by atoms with van der Waals surface area (Å²) in [7, 11) is 0. The number of rotatable bonds is 10. The molecular formula is C31H33NO6. The van der Waals surface area contributed by atoms with Gasteiger partial charge < -0.3 is 19.3 Å². The van der Waals surface area contributed by atoms with Gasteiger partial charge in [-0.3, -0.25) is 14.5 Å². The van der Waals surface area contributed by atoms with Crippen molar-refractivity contribution in [1.82, 2.24) is 0 Å². The molecular weight excluding hydrogens is 482 g/mol. The molecule has 38 heavy (non-hydrogen) atoms. The lowest BCUT2D eigenvalue weighted by Crippen LogP contribution is -2.29. The van der Waals surface area contributed by atoms with Crippen molar-refractivity contribution in [3.63, 3.8) is 0 Å². The van der Waals surface area contributed by atoms with Crippen LogP contribution >= 0.6 is 0 Å². The van der Waals surface area contributed by atoms with Crippen LogP contribution in [0.1, 0.15) is 44.9 Å². The van der Waals surface area contributed by atoms with E-state index in [9.17, 15) is 14.7 Å². The van der Waals surface area contributed by atoms with Crippen LogP contribution in [0.5, 0.6) is 17.2 Å². The number of hydrogen-bond donors (Lipinski definition) is 1. The van der Waals surface area contributed by atoms with Gasteiger partial charge in [0.1, 0.15) is 11.5 Å². The third-order valence-electron chi connectivity index (χ3n) is 6.08. The van der Waals surface area contributed by atoms with Crippen molar-refractivity contribution in [1.29, 1.82) is 0 Å². The highest BCUT2D eigenvalue weighted by Gasteiger charge is 2.47. The number of amides is 1. The Hall–Kier alpha value is -4.26. The van der Waals surface area contributed by atoms with E-state index in [-0.39, 0.29) is 11.3 Å². The lowest BCUT2D eigenvalue weighted by atomic mass is 9.95. The molecule has 1 saturated heterocycles. The zero-order valence-electron chi connectivity index (χ0n) is 22.1. The van der Waals surface area contributed by atoms with Crippen LogP contribution in [0.25, 0.3) is 5.76 Å². The summed E-state index contributed by atoms with van der Waals surface area (Å²) in [6.07, 6.45) is 0. The average Bonchev–Trinajstić information content (AvgIpc) is 3.19. The molecule has 0 radical (unpaired) electrons. The summed E-state index contributed by atoms with van der Waals surface area (Å²) >= 11 is 0. The second-order valence-corrected chi connectivity index (χ2v) is 9.31. The molecule has 1 fully saturated rings. The van der Waals surface area contributed by atoms with Gasteiger partial charge in [-0.25, -0.2) is 0 Å². The van der Waals surface area contributed by atoms with Crippen LogP contribution < -0.4 is 19.1 Å². The summed E-state index contributed by atoms with van der Waals surface area (Å²) in [5.41, 5.74) is 1.59. The average molecular weight is 516 g/mol. The molecule has 3 aromatic carbocycles. The third kappa shape index (κ3) is 5.52. The van der Waals surface area contributed by atoms with E-state index < -0.39 is 17.7 Å². The van der Waals surface area contributed by atoms with Crippen molar-refractivity contribution in [2.45, 2.75) is 33.7 Å². The fraction of sp³-hybridized carbons (Fsp3) is 0.290. The van der Waals surface area contributed by atoms with E-state index in [4.69, 9.17) is 14.2 Å². The monoisotopic (exact) mass is 515 g/mol. The normalized spacial score (nSPS) is 16.7. The van der Waals surface area contributed by atoms with Gasteiger partial charge in [0, 0.05) is 17.3 Å². The maximum atomic E-state index is 13.5. The minimum Gasteiger partial charge on any atom is -0.507 e. The zero-order valence-corrected chi connectivity index (χ0v) is 22.1. The first-order valence-corrected chi connectivity index (χ1v) is 12.8. The predicted octanol–water partition coefficient (Wildman–Crippen LogP) is 6.15. The fourth-order valence-electron chi connectivity index (χ4n) is 4.37. The van der Waals surface area contributed by atoms with Gasteiger partial charge in [-0.2, -0.15) is 0 Å². The number of ketones is 1. The van der Waals surface area contributed by atoms with Gasteiger partial charge in [-0.05, 0) is 61.7 Å². The molecule has 1 aliphatic heterocycles. The predicted molar refractivity (Wildman–Crippen MR) is 147 cm³/mol. The smallest absolute Gasteiger partial charge is 0.300 e. The van der Waals surface area contributed by atoms with Crippen molar-refractivity contribution in [2.75, 3.05) is 24.7 Å². The molecule has 198 valence electrons. The summed E-state index contributed by atoms with van der Waals surface area (Å²) in [4.78, 5) is 28.3. The van der Waals surface area contributed by atoms with Gasteiger partial charge in [-0.1, -0.05) is 44.2 Å². The van der Waals surface area contributed by atoms with Gasteiger partial charge in [0.15, 0.2) is 11.5 Å². The second-order valence-electron chi connectivity index (χ2n) is 9.31. The van der Waals surface area contributed by atoms with Gasteiger partial charge in [0.2, 0.25) is 0 Å². The highest BCUT2D eigenvalue weighted by atomic mass is 16.5. The quantitative estimate of drug-likeness (QED) is 0.198. The Morgan fingerprint density at radius 3 is 2.16 bits per heavy atom. The van der Waals surface area contributed by atoms with E-state index in [0.717, 1.165) is 0 Å². The van der Waals surface area contributed by atoms with E-state index in [1.807, 2.05) is 44.2 Å². The molecule has 1 aliphatic rings. The molecule has 0 aromatic heterocycles. The van der Waals surface area contributed by atoms with Crippen LogP contribution in [-0.4, -0.2) is 36.6 Å². The summed E-state index contributed by atoms with van der Waals surface area (Å²) in [5.74, 6) is 0.311. The van der Waals surface area contributed by atoms with Crippen LogP contribution in [0, 0.1) is 5.92 Å². The van der Waals surface area contributed by atoms with Crippen molar-refractivity contribution >= 4 is 23.1 Å². The zero-order chi connectivity index (χ0) is 27.2. The topological polar surface area (TPSA) is 85.3 Å². The number of anilines is 1. The standard InChI is InChI=1S/C31H33NO6/c1-5-36-25-17-14-23(18-26(25)37-6-2)32-28(21-10-8-7-9-11-21)27(30(34)31(32)35)29(33)22-12-15-24(16-13-22)38-19-20(3)4/h7-18,20,28,33H,5-6,19H2,1-4H3/b29-27+. The molecule has 0 saturated carbocycles. The highest BCUT2D eigenvalue weighted by Crippen LogP contribution is 2.44. The Bertz CT molecular complexity index is 1310. The number of Topliss-reactive ketones (excluding diaryl/α,β-unsaturated/α-hetero) is 1. The molecule has 0 spiro atoms. The van der Waals surface area contributed by atoms with E-state index in [1.54, 1.807) is 42.5 Å². The maximum absolute atomic E-state index is 13.5. The Balaban J connectivity index is 1.81. The molecule has 0 bridgehead atoms. The Labute approximate surface area is 223 Å². The number of hydrogen-bond acceptors (Lipinski definition) is 6. The molecule has 1 amide bonds. The fourth-order valence-corrected chi connectivity index (χ4v) is 4.37. The van der Waals surface area contributed by atoms with E-state index in [1.165, 1.54) is 4.90 Å². The first kappa shape index (κ1) is 26.8. The van der Waals surface area contributed by atoms with Crippen molar-refractivity contribution in [3.8, 4) is 17.2 Å². The number of aliphatic hydroxyl groups excluding tert-OH is 1. The number of carbonyl (C=O) groups excluding carboxylic acids is 2. The van der Waals surface area contributed by atoms with E-state index in [0.29, 0.717) is 59.8 Å². The number of benzene rings is 3. The first-order valence-electron chi connectivity index (χ1n) is 12.8. The van der Waals surface area contributed by atoms with Crippen LogP contribution in [0.2, 0.25) is 0 Å². The second kappa shape index (κ2) is 11.9. The van der Waals surface area contributed by atoms with Crippen molar-refractivity contribution in [2.24, 2.45) is 5.92 Å². The molecule has 4 rings (SSSR count). The van der Waals surface area contributed by atoms with Crippen molar-refractivity contribution in [3.05, 3.63) is 89.5 Å². The van der Waals surface area contributed by atoms with Gasteiger partial charge in [-0.15, -0.1) is 0 Å². The van der Waals surface area contributed by atoms with Crippen LogP contribution in [-0.2, 0) is 9.59 Å². The Kier molecular flexibility index (Phi) is 8.36. The molecule has 7 nitrogen and oxygen atoms in total. The van der Waals surface area contributed by atoms with Crippen LogP contribution in [0.4, 0.5) is 5.69 Å². The molecule has 3 aromatic rings. The number of aliphatic hydroxyl groups is 1. The summed E-state index contributed by atoms with van der Waals surface area (Å²) in [6.45, 7) is 9.28.